The van der Waals surface area contributed by atoms with Gasteiger partial charge in [0.15, 0.2) is 0 Å². The number of nitrogens with two attached hydrogens (primary N) is 1. The number of nitrogens with one attached hydrogen (secondary N) is 1. The minimum Gasteiger partial charge on any atom is -0.349 e. The van der Waals surface area contributed by atoms with Crippen molar-refractivity contribution in [3.05, 3.63) is 35.4 Å². The summed E-state index contributed by atoms with van der Waals surface area (Å²) in [4.78, 5) is 12.3. The molecule has 0 radical (unpaired) electrons. The highest BCUT2D eigenvalue weighted by Gasteiger charge is 2.21. The lowest BCUT2D eigenvalue weighted by atomic mass is 9.95. The lowest BCUT2D eigenvalue weighted by Crippen LogP contribution is -2.37. The van der Waals surface area contributed by atoms with Gasteiger partial charge in [-0.2, -0.15) is 0 Å². The average molecular weight is 276 g/mol. The summed E-state index contributed by atoms with van der Waals surface area (Å²) in [5.41, 5.74) is 8.13. The van der Waals surface area contributed by atoms with Gasteiger partial charge in [0.05, 0.1) is 12.0 Å². The molecule has 1 aromatic rings. The molecule has 3 N–H and O–H groups in total. The molecule has 112 valence electrons. The molecule has 0 aromatic heterocycles. The molecular weight excluding hydrogens is 248 g/mol. The second kappa shape index (κ2) is 8.05. The first-order valence-electron chi connectivity index (χ1n) is 7.54. The quantitative estimate of drug-likeness (QED) is 0.803. The lowest BCUT2D eigenvalue weighted by molar-refractivity contribution is -0.126. The van der Waals surface area contributed by atoms with Crippen LogP contribution in [0.1, 0.15) is 50.8 Å². The van der Waals surface area contributed by atoms with Crippen LogP contribution in [0, 0.1) is 18.8 Å². The monoisotopic (exact) mass is 276 g/mol. The number of amides is 1. The Morgan fingerprint density at radius 3 is 2.30 bits per heavy atom. The molecule has 1 rings (SSSR count). The third kappa shape index (κ3) is 4.97. The molecule has 3 nitrogen and oxygen atoms in total. The molecule has 0 spiro atoms. The minimum atomic E-state index is -0.0884. The van der Waals surface area contributed by atoms with Crippen LogP contribution in [0.5, 0.6) is 0 Å². The van der Waals surface area contributed by atoms with Crippen molar-refractivity contribution in [1.82, 2.24) is 5.32 Å². The Hall–Kier alpha value is -1.35. The van der Waals surface area contributed by atoms with Crippen LogP contribution in [0.3, 0.4) is 0 Å². The van der Waals surface area contributed by atoms with E-state index in [0.29, 0.717) is 12.5 Å². The summed E-state index contributed by atoms with van der Waals surface area (Å²) in [5, 5.41) is 3.14. The summed E-state index contributed by atoms with van der Waals surface area (Å²) >= 11 is 0. The van der Waals surface area contributed by atoms with Gasteiger partial charge in [-0.25, -0.2) is 0 Å². The van der Waals surface area contributed by atoms with Crippen molar-refractivity contribution in [2.75, 3.05) is 6.54 Å². The van der Waals surface area contributed by atoms with E-state index in [-0.39, 0.29) is 17.9 Å². The minimum absolute atomic E-state index is 0.0734. The molecule has 0 aliphatic rings. The average Bonchev–Trinajstić information content (AvgIpc) is 2.42. The lowest BCUT2D eigenvalue weighted by Gasteiger charge is -2.22. The predicted molar refractivity (Wildman–Crippen MR) is 84.4 cm³/mol. The Labute approximate surface area is 122 Å². The number of carbonyl (C=O) groups is 1. The summed E-state index contributed by atoms with van der Waals surface area (Å²) in [6.07, 6.45) is 1.72. The molecule has 2 atom stereocenters. The maximum Gasteiger partial charge on any atom is 0.224 e. The number of carbonyl (C=O) groups excluding carboxylic acids is 1. The highest BCUT2D eigenvalue weighted by Crippen LogP contribution is 2.19. The van der Waals surface area contributed by atoms with E-state index >= 15 is 0 Å². The first-order valence-corrected chi connectivity index (χ1v) is 7.54. The number of hydrogen-bond acceptors (Lipinski definition) is 2. The normalized spacial score (nSPS) is 14.1. The Balaban J connectivity index is 2.72. The van der Waals surface area contributed by atoms with Crippen LogP contribution in [0.4, 0.5) is 0 Å². The SMILES string of the molecule is CCC(NC(=O)C(CN)CC(C)C)c1ccc(C)cc1. The summed E-state index contributed by atoms with van der Waals surface area (Å²) in [5.74, 6) is 0.469. The number of aryl methyl sites for hydroxylation is 1. The van der Waals surface area contributed by atoms with Crippen LogP contribution < -0.4 is 11.1 Å². The number of benzene rings is 1. The number of rotatable bonds is 7. The highest BCUT2D eigenvalue weighted by atomic mass is 16.1. The summed E-state index contributed by atoms with van der Waals surface area (Å²) in [6, 6.07) is 8.41. The second-order valence-corrected chi connectivity index (χ2v) is 5.94. The van der Waals surface area contributed by atoms with Crippen molar-refractivity contribution in [3.8, 4) is 0 Å². The van der Waals surface area contributed by atoms with Crippen LogP contribution >= 0.6 is 0 Å². The Kier molecular flexibility index (Phi) is 6.73. The third-order valence-electron chi connectivity index (χ3n) is 3.62. The van der Waals surface area contributed by atoms with Gasteiger partial charge in [0, 0.05) is 6.54 Å². The number of hydrogen-bond donors (Lipinski definition) is 2. The topological polar surface area (TPSA) is 55.1 Å². The molecule has 20 heavy (non-hydrogen) atoms. The van der Waals surface area contributed by atoms with Gasteiger partial charge in [-0.1, -0.05) is 50.6 Å². The molecule has 2 unspecified atom stereocenters. The van der Waals surface area contributed by atoms with E-state index in [2.05, 4.69) is 57.3 Å². The van der Waals surface area contributed by atoms with Gasteiger partial charge >= 0.3 is 0 Å². The summed E-state index contributed by atoms with van der Waals surface area (Å²) < 4.78 is 0. The van der Waals surface area contributed by atoms with Crippen LogP contribution in [0.2, 0.25) is 0 Å². The molecule has 1 aromatic carbocycles. The molecule has 0 bridgehead atoms. The maximum atomic E-state index is 12.3. The summed E-state index contributed by atoms with van der Waals surface area (Å²) in [7, 11) is 0. The van der Waals surface area contributed by atoms with Crippen LogP contribution in [-0.4, -0.2) is 12.5 Å². The van der Waals surface area contributed by atoms with Crippen LogP contribution in [0.25, 0.3) is 0 Å². The van der Waals surface area contributed by atoms with Crippen molar-refractivity contribution in [1.29, 1.82) is 0 Å². The zero-order valence-corrected chi connectivity index (χ0v) is 13.1. The molecule has 0 saturated heterocycles. The zero-order chi connectivity index (χ0) is 15.1. The first kappa shape index (κ1) is 16.7. The van der Waals surface area contributed by atoms with Crippen molar-refractivity contribution in [2.24, 2.45) is 17.6 Å². The fourth-order valence-corrected chi connectivity index (χ4v) is 2.39. The van der Waals surface area contributed by atoms with Gasteiger partial charge in [0.1, 0.15) is 0 Å². The fourth-order valence-electron chi connectivity index (χ4n) is 2.39. The molecular formula is C17H28N2O. The van der Waals surface area contributed by atoms with Gasteiger partial charge in [-0.05, 0) is 31.2 Å². The summed E-state index contributed by atoms with van der Waals surface area (Å²) in [6.45, 7) is 8.80. The fraction of sp³-hybridized carbons (Fsp3) is 0.588. The standard InChI is InChI=1S/C17H28N2O/c1-5-16(14-8-6-13(4)7-9-14)19-17(20)15(11-18)10-12(2)3/h6-9,12,15-16H,5,10-11,18H2,1-4H3,(H,19,20). The molecule has 1 amide bonds. The van der Waals surface area contributed by atoms with E-state index in [1.165, 1.54) is 5.56 Å². The smallest absolute Gasteiger partial charge is 0.224 e. The van der Waals surface area contributed by atoms with E-state index in [9.17, 15) is 4.79 Å². The van der Waals surface area contributed by atoms with Crippen LogP contribution in [0.15, 0.2) is 24.3 Å². The van der Waals surface area contributed by atoms with E-state index in [1.807, 2.05) is 0 Å². The zero-order valence-electron chi connectivity index (χ0n) is 13.1. The highest BCUT2D eigenvalue weighted by molar-refractivity contribution is 5.79. The Bertz CT molecular complexity index is 412. The van der Waals surface area contributed by atoms with Gasteiger partial charge < -0.3 is 11.1 Å². The molecule has 0 fully saturated rings. The Morgan fingerprint density at radius 2 is 1.85 bits per heavy atom. The van der Waals surface area contributed by atoms with Crippen molar-refractivity contribution >= 4 is 5.91 Å². The van der Waals surface area contributed by atoms with E-state index in [1.54, 1.807) is 0 Å². The first-order chi connectivity index (χ1) is 9.47. The van der Waals surface area contributed by atoms with Gasteiger partial charge in [0.25, 0.3) is 0 Å². The van der Waals surface area contributed by atoms with E-state index in [4.69, 9.17) is 5.73 Å². The van der Waals surface area contributed by atoms with Crippen molar-refractivity contribution in [3.63, 3.8) is 0 Å². The Morgan fingerprint density at radius 1 is 1.25 bits per heavy atom. The maximum absolute atomic E-state index is 12.3. The molecule has 3 heteroatoms. The largest absolute Gasteiger partial charge is 0.349 e. The van der Waals surface area contributed by atoms with E-state index in [0.717, 1.165) is 18.4 Å². The predicted octanol–water partition coefficient (Wildman–Crippen LogP) is 3.18. The van der Waals surface area contributed by atoms with Gasteiger partial charge in [-0.3, -0.25) is 4.79 Å². The third-order valence-corrected chi connectivity index (χ3v) is 3.62. The molecule has 0 saturated carbocycles. The molecule has 0 aliphatic carbocycles. The van der Waals surface area contributed by atoms with Gasteiger partial charge in [-0.15, -0.1) is 0 Å². The molecule has 0 aliphatic heterocycles. The van der Waals surface area contributed by atoms with Crippen molar-refractivity contribution < 1.29 is 4.79 Å². The van der Waals surface area contributed by atoms with E-state index < -0.39 is 0 Å². The van der Waals surface area contributed by atoms with Crippen molar-refractivity contribution in [2.45, 2.75) is 46.6 Å². The van der Waals surface area contributed by atoms with Gasteiger partial charge in [0.2, 0.25) is 5.91 Å². The second-order valence-electron chi connectivity index (χ2n) is 5.94. The van der Waals surface area contributed by atoms with Crippen LogP contribution in [-0.2, 0) is 4.79 Å². The molecule has 0 heterocycles.